The van der Waals surface area contributed by atoms with Gasteiger partial charge in [-0.25, -0.2) is 4.98 Å². The number of carbonyl (C=O) groups is 2. The highest BCUT2D eigenvalue weighted by atomic mass is 32.1. The lowest BCUT2D eigenvalue weighted by atomic mass is 10.1. The normalized spacial score (nSPS) is 15.9. The van der Waals surface area contributed by atoms with Crippen molar-refractivity contribution in [2.75, 3.05) is 31.6 Å². The molecule has 27 heavy (non-hydrogen) atoms. The van der Waals surface area contributed by atoms with Crippen LogP contribution >= 0.6 is 11.3 Å². The maximum Gasteiger partial charge on any atom is 0.251 e. The lowest BCUT2D eigenvalue weighted by molar-refractivity contribution is -0.117. The Morgan fingerprint density at radius 3 is 2.85 bits per heavy atom. The number of aryl methyl sites for hydroxylation is 1. The summed E-state index contributed by atoms with van der Waals surface area (Å²) in [5.74, 6) is -0.559. The molecule has 144 valence electrons. The molecular weight excluding hydrogens is 364 g/mol. The van der Waals surface area contributed by atoms with Crippen LogP contribution in [-0.4, -0.2) is 54.0 Å². The second-order valence-corrected chi connectivity index (χ2v) is 7.44. The summed E-state index contributed by atoms with van der Waals surface area (Å²) in [6.07, 6.45) is 0. The molecule has 0 radical (unpaired) electrons. The van der Waals surface area contributed by atoms with E-state index in [4.69, 9.17) is 4.74 Å². The summed E-state index contributed by atoms with van der Waals surface area (Å²) in [5, 5.41) is 7.98. The van der Waals surface area contributed by atoms with Gasteiger partial charge in [0.05, 0.1) is 18.9 Å². The van der Waals surface area contributed by atoms with E-state index in [1.54, 1.807) is 19.1 Å². The van der Waals surface area contributed by atoms with Crippen LogP contribution in [0.15, 0.2) is 29.6 Å². The third-order valence-electron chi connectivity index (χ3n) is 4.29. The number of nitrogens with one attached hydrogen (secondary N) is 2. The van der Waals surface area contributed by atoms with Crippen LogP contribution in [0.3, 0.4) is 0 Å². The topological polar surface area (TPSA) is 83.6 Å². The number of morpholine rings is 1. The van der Waals surface area contributed by atoms with E-state index in [-0.39, 0.29) is 11.8 Å². The molecule has 1 aliphatic heterocycles. The van der Waals surface area contributed by atoms with Gasteiger partial charge < -0.3 is 15.4 Å². The Labute approximate surface area is 162 Å². The van der Waals surface area contributed by atoms with Crippen molar-refractivity contribution in [3.63, 3.8) is 0 Å². The molecule has 1 aliphatic rings. The van der Waals surface area contributed by atoms with E-state index in [9.17, 15) is 9.59 Å². The van der Waals surface area contributed by atoms with Crippen LogP contribution in [0.2, 0.25) is 0 Å². The summed E-state index contributed by atoms with van der Waals surface area (Å²) >= 11 is 1.39. The number of rotatable bonds is 6. The minimum absolute atomic E-state index is 0.270. The van der Waals surface area contributed by atoms with Crippen molar-refractivity contribution in [1.29, 1.82) is 0 Å². The van der Waals surface area contributed by atoms with Crippen LogP contribution in [0.1, 0.15) is 28.5 Å². The number of ether oxygens (including phenoxy) is 1. The van der Waals surface area contributed by atoms with Crippen molar-refractivity contribution >= 4 is 28.3 Å². The zero-order chi connectivity index (χ0) is 19.2. The van der Waals surface area contributed by atoms with Crippen LogP contribution in [0.4, 0.5) is 5.13 Å². The van der Waals surface area contributed by atoms with E-state index < -0.39 is 6.04 Å². The number of amides is 2. The van der Waals surface area contributed by atoms with Gasteiger partial charge in [0.15, 0.2) is 5.13 Å². The first kappa shape index (κ1) is 19.5. The summed E-state index contributed by atoms with van der Waals surface area (Å²) in [5.41, 5.74) is 2.46. The van der Waals surface area contributed by atoms with Crippen molar-refractivity contribution in [3.8, 4) is 0 Å². The molecule has 0 bridgehead atoms. The number of carbonyl (C=O) groups excluding carboxylic acids is 2. The van der Waals surface area contributed by atoms with Crippen LogP contribution in [-0.2, 0) is 16.1 Å². The van der Waals surface area contributed by atoms with Gasteiger partial charge in [0, 0.05) is 30.6 Å². The maximum absolute atomic E-state index is 12.4. The Bertz CT molecular complexity index is 802. The lowest BCUT2D eigenvalue weighted by Crippen LogP contribution is -2.41. The third-order valence-corrected chi connectivity index (χ3v) is 5.10. The monoisotopic (exact) mass is 388 g/mol. The van der Waals surface area contributed by atoms with Crippen LogP contribution < -0.4 is 10.6 Å². The molecule has 2 heterocycles. The van der Waals surface area contributed by atoms with Gasteiger partial charge in [-0.15, -0.1) is 11.3 Å². The fourth-order valence-corrected chi connectivity index (χ4v) is 3.48. The van der Waals surface area contributed by atoms with Crippen LogP contribution in [0, 0.1) is 6.92 Å². The Morgan fingerprint density at radius 1 is 1.33 bits per heavy atom. The smallest absolute Gasteiger partial charge is 0.251 e. The van der Waals surface area contributed by atoms with E-state index in [1.807, 2.05) is 24.4 Å². The highest BCUT2D eigenvalue weighted by molar-refractivity contribution is 7.13. The Hall–Kier alpha value is -2.29. The number of hydrogen-bond donors (Lipinski definition) is 2. The molecular formula is C19H24N4O3S. The van der Waals surface area contributed by atoms with Gasteiger partial charge in [-0.3, -0.25) is 14.5 Å². The van der Waals surface area contributed by atoms with Gasteiger partial charge in [0.25, 0.3) is 5.91 Å². The predicted octanol–water partition coefficient (Wildman–Crippen LogP) is 2.04. The number of aromatic nitrogens is 1. The summed E-state index contributed by atoms with van der Waals surface area (Å²) in [6.45, 7) is 7.59. The molecule has 1 fully saturated rings. The molecule has 1 saturated heterocycles. The average molecular weight is 388 g/mol. The standard InChI is InChI=1S/C19H24N4O3S/c1-13-4-3-5-15(10-13)18(25)20-14(2)17(24)22-19-21-16(12-27-19)11-23-6-8-26-9-7-23/h3-5,10,12,14H,6-9,11H2,1-2H3,(H,20,25)(H,21,22,24). The summed E-state index contributed by atoms with van der Waals surface area (Å²) < 4.78 is 5.34. The molecule has 3 rings (SSSR count). The molecule has 1 atom stereocenters. The van der Waals surface area contributed by atoms with Gasteiger partial charge in [0.1, 0.15) is 6.04 Å². The largest absolute Gasteiger partial charge is 0.379 e. The molecule has 0 spiro atoms. The summed E-state index contributed by atoms with van der Waals surface area (Å²) in [4.78, 5) is 31.4. The van der Waals surface area contributed by atoms with Gasteiger partial charge in [-0.2, -0.15) is 0 Å². The van der Waals surface area contributed by atoms with Crippen molar-refractivity contribution in [3.05, 3.63) is 46.5 Å². The highest BCUT2D eigenvalue weighted by Gasteiger charge is 2.18. The number of hydrogen-bond acceptors (Lipinski definition) is 6. The number of nitrogens with zero attached hydrogens (tertiary/aromatic N) is 2. The quantitative estimate of drug-likeness (QED) is 0.791. The lowest BCUT2D eigenvalue weighted by Gasteiger charge is -2.25. The molecule has 8 heteroatoms. The Kier molecular flexibility index (Phi) is 6.54. The molecule has 2 aromatic rings. The van der Waals surface area contributed by atoms with Crippen molar-refractivity contribution < 1.29 is 14.3 Å². The van der Waals surface area contributed by atoms with Crippen LogP contribution in [0.25, 0.3) is 0 Å². The van der Waals surface area contributed by atoms with E-state index >= 15 is 0 Å². The van der Waals surface area contributed by atoms with Crippen molar-refractivity contribution in [2.45, 2.75) is 26.4 Å². The van der Waals surface area contributed by atoms with E-state index in [1.165, 1.54) is 11.3 Å². The van der Waals surface area contributed by atoms with E-state index in [2.05, 4.69) is 20.5 Å². The zero-order valence-corrected chi connectivity index (χ0v) is 16.3. The van der Waals surface area contributed by atoms with Crippen LogP contribution in [0.5, 0.6) is 0 Å². The van der Waals surface area contributed by atoms with Gasteiger partial charge in [-0.05, 0) is 26.0 Å². The van der Waals surface area contributed by atoms with Gasteiger partial charge >= 0.3 is 0 Å². The first-order valence-corrected chi connectivity index (χ1v) is 9.82. The van der Waals surface area contributed by atoms with Gasteiger partial charge in [-0.1, -0.05) is 17.7 Å². The number of thiazole rings is 1. The molecule has 0 saturated carbocycles. The second kappa shape index (κ2) is 9.07. The van der Waals surface area contributed by atoms with Crippen molar-refractivity contribution in [2.24, 2.45) is 0 Å². The fraction of sp³-hybridized carbons (Fsp3) is 0.421. The predicted molar refractivity (Wildman–Crippen MR) is 105 cm³/mol. The second-order valence-electron chi connectivity index (χ2n) is 6.59. The maximum atomic E-state index is 12.4. The minimum atomic E-state index is -0.662. The molecule has 0 aliphatic carbocycles. The Balaban J connectivity index is 1.51. The first-order valence-electron chi connectivity index (χ1n) is 8.94. The number of anilines is 1. The fourth-order valence-electron chi connectivity index (χ4n) is 2.77. The average Bonchev–Trinajstić information content (AvgIpc) is 3.09. The van der Waals surface area contributed by atoms with Gasteiger partial charge in [0.2, 0.25) is 5.91 Å². The SMILES string of the molecule is Cc1cccc(C(=O)NC(C)C(=O)Nc2nc(CN3CCOCC3)cs2)c1. The minimum Gasteiger partial charge on any atom is -0.379 e. The highest BCUT2D eigenvalue weighted by Crippen LogP contribution is 2.17. The molecule has 1 unspecified atom stereocenters. The Morgan fingerprint density at radius 2 is 2.11 bits per heavy atom. The summed E-state index contributed by atoms with van der Waals surface area (Å²) in [6, 6.07) is 6.60. The molecule has 2 N–H and O–H groups in total. The van der Waals surface area contributed by atoms with E-state index in [0.717, 1.165) is 44.1 Å². The number of benzene rings is 1. The molecule has 1 aromatic heterocycles. The summed E-state index contributed by atoms with van der Waals surface area (Å²) in [7, 11) is 0. The first-order chi connectivity index (χ1) is 13.0. The molecule has 2 amide bonds. The van der Waals surface area contributed by atoms with E-state index in [0.29, 0.717) is 10.7 Å². The van der Waals surface area contributed by atoms with Crippen molar-refractivity contribution in [1.82, 2.24) is 15.2 Å². The zero-order valence-electron chi connectivity index (χ0n) is 15.5. The third kappa shape index (κ3) is 5.59. The molecule has 1 aromatic carbocycles. The molecule has 7 nitrogen and oxygen atoms in total.